The number of nitrogens with one attached hydrogen (secondary N) is 2. The van der Waals surface area contributed by atoms with E-state index in [1.165, 1.54) is 0 Å². The molecule has 0 aliphatic carbocycles. The van der Waals surface area contributed by atoms with E-state index in [0.29, 0.717) is 13.1 Å². The van der Waals surface area contributed by atoms with E-state index in [1.807, 2.05) is 30.6 Å². The van der Waals surface area contributed by atoms with Gasteiger partial charge in [-0.3, -0.25) is 9.59 Å². The predicted molar refractivity (Wildman–Crippen MR) is 104 cm³/mol. The number of hydrogen-bond acceptors (Lipinski definition) is 4. The van der Waals surface area contributed by atoms with Gasteiger partial charge in [-0.1, -0.05) is 20.8 Å². The van der Waals surface area contributed by atoms with Crippen molar-refractivity contribution in [1.29, 1.82) is 0 Å². The number of fused-ring (bicyclic) bond motifs is 1. The molecule has 2 fully saturated rings. The zero-order chi connectivity index (χ0) is 20.5. The van der Waals surface area contributed by atoms with Crippen LogP contribution in [-0.2, 0) is 9.59 Å². The average molecular weight is 382 g/mol. The van der Waals surface area contributed by atoms with E-state index in [2.05, 4.69) is 10.6 Å². The van der Waals surface area contributed by atoms with Crippen LogP contribution in [-0.4, -0.2) is 90.9 Å². The normalized spacial score (nSPS) is 24.4. The van der Waals surface area contributed by atoms with Crippen LogP contribution in [0.2, 0.25) is 0 Å². The van der Waals surface area contributed by atoms with Crippen molar-refractivity contribution in [3.05, 3.63) is 0 Å². The van der Waals surface area contributed by atoms with E-state index in [1.54, 1.807) is 33.0 Å². The second-order valence-electron chi connectivity index (χ2n) is 8.93. The maximum atomic E-state index is 13.4. The summed E-state index contributed by atoms with van der Waals surface area (Å²) in [6, 6.07) is -0.867. The Labute approximate surface area is 162 Å². The molecule has 0 aromatic rings. The Kier molecular flexibility index (Phi) is 6.39. The fraction of sp³-hybridized carbons (Fsp3) is 0.842. The van der Waals surface area contributed by atoms with Crippen LogP contribution in [0.4, 0.5) is 4.79 Å². The molecule has 0 radical (unpaired) electrons. The number of likely N-dealkylation sites (N-methyl/N-ethyl adjacent to an activating group) is 1. The maximum absolute atomic E-state index is 13.4. The number of amides is 4. The molecule has 0 bridgehead atoms. The molecule has 3 unspecified atom stereocenters. The molecule has 154 valence electrons. The Morgan fingerprint density at radius 2 is 1.56 bits per heavy atom. The number of hydrogen-bond donors (Lipinski definition) is 2. The van der Waals surface area contributed by atoms with Gasteiger partial charge in [0.05, 0.1) is 18.1 Å². The van der Waals surface area contributed by atoms with Gasteiger partial charge < -0.3 is 25.3 Å². The van der Waals surface area contributed by atoms with Gasteiger partial charge in [-0.15, -0.1) is 0 Å². The lowest BCUT2D eigenvalue weighted by Gasteiger charge is -2.36. The molecule has 0 saturated carbocycles. The van der Waals surface area contributed by atoms with E-state index in [9.17, 15) is 14.4 Å². The van der Waals surface area contributed by atoms with Crippen LogP contribution >= 0.6 is 0 Å². The third kappa shape index (κ3) is 4.36. The number of urea groups is 1. The highest BCUT2D eigenvalue weighted by Crippen LogP contribution is 2.34. The van der Waals surface area contributed by atoms with Crippen LogP contribution in [0.25, 0.3) is 0 Å². The van der Waals surface area contributed by atoms with Crippen molar-refractivity contribution in [3.8, 4) is 0 Å². The molecule has 0 aromatic carbocycles. The van der Waals surface area contributed by atoms with Crippen molar-refractivity contribution in [3.63, 3.8) is 0 Å². The van der Waals surface area contributed by atoms with Gasteiger partial charge in [-0.05, 0) is 32.2 Å². The zero-order valence-corrected chi connectivity index (χ0v) is 17.7. The first-order valence-electron chi connectivity index (χ1n) is 9.75. The van der Waals surface area contributed by atoms with Crippen molar-refractivity contribution in [1.82, 2.24) is 25.3 Å². The summed E-state index contributed by atoms with van der Waals surface area (Å²) in [6.45, 7) is 8.94. The van der Waals surface area contributed by atoms with Crippen LogP contribution in [0, 0.1) is 5.41 Å². The van der Waals surface area contributed by atoms with E-state index >= 15 is 0 Å². The van der Waals surface area contributed by atoms with Crippen LogP contribution in [0.3, 0.4) is 0 Å². The molecular weight excluding hydrogens is 346 g/mol. The third-order valence-corrected chi connectivity index (χ3v) is 5.71. The van der Waals surface area contributed by atoms with E-state index in [-0.39, 0.29) is 36.0 Å². The van der Waals surface area contributed by atoms with Gasteiger partial charge in [-0.2, -0.15) is 0 Å². The number of carbonyl (C=O) groups excluding carboxylic acids is 3. The van der Waals surface area contributed by atoms with E-state index < -0.39 is 11.5 Å². The topological polar surface area (TPSA) is 85.0 Å². The minimum Gasteiger partial charge on any atom is -0.342 e. The number of carbonyl (C=O) groups is 3. The summed E-state index contributed by atoms with van der Waals surface area (Å²) < 4.78 is 0. The Balaban J connectivity index is 2.15. The molecule has 2 aliphatic rings. The van der Waals surface area contributed by atoms with Gasteiger partial charge in [0.2, 0.25) is 11.8 Å². The van der Waals surface area contributed by atoms with Gasteiger partial charge in [-0.25, -0.2) is 4.79 Å². The van der Waals surface area contributed by atoms with E-state index in [0.717, 1.165) is 12.8 Å². The molecule has 4 amide bonds. The molecule has 2 saturated heterocycles. The number of nitrogens with zero attached hydrogens (tertiary/aromatic N) is 3. The largest absolute Gasteiger partial charge is 0.342 e. The molecule has 8 heteroatoms. The summed E-state index contributed by atoms with van der Waals surface area (Å²) in [7, 11) is 5.22. The van der Waals surface area contributed by atoms with Crippen molar-refractivity contribution in [2.24, 2.45) is 5.41 Å². The summed E-state index contributed by atoms with van der Waals surface area (Å²) in [5.41, 5.74) is -0.407. The van der Waals surface area contributed by atoms with Crippen molar-refractivity contribution in [2.45, 2.75) is 64.7 Å². The minimum absolute atomic E-state index is 0.000295. The lowest BCUT2D eigenvalue weighted by atomic mass is 9.85. The van der Waals surface area contributed by atoms with Gasteiger partial charge >= 0.3 is 6.03 Å². The third-order valence-electron chi connectivity index (χ3n) is 5.71. The van der Waals surface area contributed by atoms with Crippen molar-refractivity contribution >= 4 is 17.8 Å². The SMILES string of the molecule is CN[C@@H](C)C(=O)NC(C(=O)N1CCC2C1CCN2C(=O)N(C)C)C(C)(C)C. The molecule has 27 heavy (non-hydrogen) atoms. The van der Waals surface area contributed by atoms with Crippen LogP contribution in [0.15, 0.2) is 0 Å². The zero-order valence-electron chi connectivity index (χ0n) is 17.7. The summed E-state index contributed by atoms with van der Waals surface area (Å²) in [4.78, 5) is 43.5. The molecule has 2 rings (SSSR count). The highest BCUT2D eigenvalue weighted by atomic mass is 16.2. The molecule has 2 aliphatic heterocycles. The lowest BCUT2D eigenvalue weighted by Crippen LogP contribution is -2.58. The quantitative estimate of drug-likeness (QED) is 0.742. The van der Waals surface area contributed by atoms with Crippen molar-refractivity contribution in [2.75, 3.05) is 34.2 Å². The fourth-order valence-corrected chi connectivity index (χ4v) is 3.97. The first-order valence-corrected chi connectivity index (χ1v) is 9.75. The van der Waals surface area contributed by atoms with Crippen LogP contribution in [0.5, 0.6) is 0 Å². The van der Waals surface area contributed by atoms with Gasteiger partial charge in [0.25, 0.3) is 0 Å². The molecule has 4 atom stereocenters. The average Bonchev–Trinajstić information content (AvgIpc) is 3.17. The summed E-state index contributed by atoms with van der Waals surface area (Å²) >= 11 is 0. The Morgan fingerprint density at radius 3 is 2.04 bits per heavy atom. The summed E-state index contributed by atoms with van der Waals surface area (Å²) in [6.07, 6.45) is 1.57. The fourth-order valence-electron chi connectivity index (χ4n) is 3.97. The van der Waals surface area contributed by atoms with Crippen molar-refractivity contribution < 1.29 is 14.4 Å². The number of rotatable bonds is 4. The molecule has 0 aromatic heterocycles. The minimum atomic E-state index is -0.599. The van der Waals surface area contributed by atoms with Crippen LogP contribution < -0.4 is 10.6 Å². The van der Waals surface area contributed by atoms with Gasteiger partial charge in [0, 0.05) is 27.2 Å². The first kappa shape index (κ1) is 21.5. The standard InChI is InChI=1S/C19H35N5O3/c1-12(20-5)16(25)21-15(19(2,3)4)17(26)23-10-8-14-13(23)9-11-24(14)18(27)22(6)7/h12-15,20H,8-11H2,1-7H3,(H,21,25)/t12-,13?,14?,15?/m0/s1. The second-order valence-corrected chi connectivity index (χ2v) is 8.93. The Morgan fingerprint density at radius 1 is 1.04 bits per heavy atom. The summed E-state index contributed by atoms with van der Waals surface area (Å²) in [5.74, 6) is -0.233. The molecule has 8 nitrogen and oxygen atoms in total. The van der Waals surface area contributed by atoms with Gasteiger partial charge in [0.1, 0.15) is 6.04 Å². The molecule has 2 heterocycles. The second kappa shape index (κ2) is 8.04. The maximum Gasteiger partial charge on any atom is 0.319 e. The smallest absolute Gasteiger partial charge is 0.319 e. The highest BCUT2D eigenvalue weighted by molar-refractivity contribution is 5.90. The van der Waals surface area contributed by atoms with E-state index in [4.69, 9.17) is 0 Å². The summed E-state index contributed by atoms with van der Waals surface area (Å²) in [5, 5.41) is 5.85. The number of likely N-dealkylation sites (tertiary alicyclic amines) is 2. The predicted octanol–water partition coefficient (Wildman–Crippen LogP) is 0.482. The van der Waals surface area contributed by atoms with Gasteiger partial charge in [0.15, 0.2) is 0 Å². The Hall–Kier alpha value is -1.83. The lowest BCUT2D eigenvalue weighted by molar-refractivity contribution is -0.140. The molecular formula is C19H35N5O3. The van der Waals surface area contributed by atoms with Crippen LogP contribution in [0.1, 0.15) is 40.5 Å². The Bertz CT molecular complexity index is 586. The first-order chi connectivity index (χ1) is 12.5. The monoisotopic (exact) mass is 381 g/mol. The highest BCUT2D eigenvalue weighted by Gasteiger charge is 2.49. The molecule has 0 spiro atoms. The molecule has 2 N–H and O–H groups in total.